The normalized spacial score (nSPS) is 12.0. The first-order valence-corrected chi connectivity index (χ1v) is 27.9. The van der Waals surface area contributed by atoms with Crippen molar-refractivity contribution in [1.82, 2.24) is 0 Å². The Kier molecular flexibility index (Phi) is 49.1. The van der Waals surface area contributed by atoms with Crippen LogP contribution in [-0.2, 0) is 28.6 Å². The molecule has 0 aliphatic rings. The highest BCUT2D eigenvalue weighted by Gasteiger charge is 2.19. The third-order valence-electron chi connectivity index (χ3n) is 12.8. The van der Waals surface area contributed by atoms with E-state index in [2.05, 4.69) is 27.7 Å². The predicted molar refractivity (Wildman–Crippen MR) is 266 cm³/mol. The third-order valence-corrected chi connectivity index (χ3v) is 12.8. The number of carbonyl (C=O) groups is 3. The summed E-state index contributed by atoms with van der Waals surface area (Å²) in [7, 11) is 0. The van der Waals surface area contributed by atoms with Gasteiger partial charge >= 0.3 is 17.9 Å². The summed E-state index contributed by atoms with van der Waals surface area (Å²) in [6.07, 6.45) is 53.8. The van der Waals surface area contributed by atoms with Gasteiger partial charge in [0.1, 0.15) is 13.2 Å². The van der Waals surface area contributed by atoms with E-state index < -0.39 is 6.10 Å². The van der Waals surface area contributed by atoms with Crippen molar-refractivity contribution in [2.45, 2.75) is 323 Å². The number of ether oxygens (including phenoxy) is 3. The highest BCUT2D eigenvalue weighted by atomic mass is 16.6. The minimum absolute atomic E-state index is 0.0624. The van der Waals surface area contributed by atoms with Crippen LogP contribution in [0.4, 0.5) is 0 Å². The van der Waals surface area contributed by atoms with Crippen molar-refractivity contribution in [1.29, 1.82) is 0 Å². The molecule has 6 nitrogen and oxygen atoms in total. The van der Waals surface area contributed by atoms with E-state index in [1.807, 2.05) is 0 Å². The van der Waals surface area contributed by atoms with Crippen molar-refractivity contribution in [2.24, 2.45) is 5.92 Å². The number of hydrogen-bond acceptors (Lipinski definition) is 6. The van der Waals surface area contributed by atoms with Gasteiger partial charge in [0, 0.05) is 19.3 Å². The molecule has 0 amide bonds. The van der Waals surface area contributed by atoms with Crippen molar-refractivity contribution in [3.8, 4) is 0 Å². The van der Waals surface area contributed by atoms with E-state index in [0.717, 1.165) is 63.7 Å². The molecule has 0 N–H and O–H groups in total. The Bertz CT molecular complexity index is 933. The van der Waals surface area contributed by atoms with Gasteiger partial charge in [-0.2, -0.15) is 0 Å². The highest BCUT2D eigenvalue weighted by Crippen LogP contribution is 2.18. The summed E-state index contributed by atoms with van der Waals surface area (Å²) < 4.78 is 16.9. The first-order chi connectivity index (χ1) is 30.4. The Hall–Kier alpha value is -1.59. The average Bonchev–Trinajstić information content (AvgIpc) is 3.26. The molecule has 368 valence electrons. The fourth-order valence-corrected chi connectivity index (χ4v) is 8.57. The van der Waals surface area contributed by atoms with E-state index in [0.29, 0.717) is 19.3 Å². The lowest BCUT2D eigenvalue weighted by atomic mass is 10.0. The van der Waals surface area contributed by atoms with Crippen molar-refractivity contribution in [2.75, 3.05) is 13.2 Å². The van der Waals surface area contributed by atoms with Gasteiger partial charge in [0.25, 0.3) is 0 Å². The molecular weight excluding hydrogens is 769 g/mol. The average molecular weight is 877 g/mol. The molecule has 0 saturated heterocycles. The monoisotopic (exact) mass is 877 g/mol. The van der Waals surface area contributed by atoms with Crippen LogP contribution in [0.3, 0.4) is 0 Å². The first-order valence-electron chi connectivity index (χ1n) is 27.9. The summed E-state index contributed by atoms with van der Waals surface area (Å²) in [5.74, 6) is -0.0310. The predicted octanol–water partition coefficient (Wildman–Crippen LogP) is 18.2. The smallest absolute Gasteiger partial charge is 0.306 e. The zero-order chi connectivity index (χ0) is 45.2. The van der Waals surface area contributed by atoms with Crippen LogP contribution in [0.25, 0.3) is 0 Å². The van der Waals surface area contributed by atoms with Crippen LogP contribution in [0.2, 0.25) is 0 Å². The Morgan fingerprint density at radius 3 is 0.790 bits per heavy atom. The molecule has 62 heavy (non-hydrogen) atoms. The van der Waals surface area contributed by atoms with E-state index in [1.54, 1.807) is 0 Å². The summed E-state index contributed by atoms with van der Waals surface area (Å²) >= 11 is 0. The zero-order valence-corrected chi connectivity index (χ0v) is 42.3. The van der Waals surface area contributed by atoms with Gasteiger partial charge in [0.15, 0.2) is 6.10 Å². The number of esters is 3. The van der Waals surface area contributed by atoms with Crippen LogP contribution in [-0.4, -0.2) is 37.2 Å². The largest absolute Gasteiger partial charge is 0.462 e. The molecule has 0 aliphatic carbocycles. The quantitative estimate of drug-likeness (QED) is 0.0344. The van der Waals surface area contributed by atoms with Gasteiger partial charge in [0.2, 0.25) is 0 Å². The lowest BCUT2D eigenvalue weighted by molar-refractivity contribution is -0.167. The Balaban J connectivity index is 4.28. The molecule has 0 aromatic rings. The lowest BCUT2D eigenvalue weighted by Gasteiger charge is -2.18. The molecule has 0 saturated carbocycles. The molecule has 0 aromatic carbocycles. The maximum Gasteiger partial charge on any atom is 0.306 e. The van der Waals surface area contributed by atoms with Gasteiger partial charge in [-0.15, -0.1) is 0 Å². The molecule has 0 aliphatic heterocycles. The zero-order valence-electron chi connectivity index (χ0n) is 42.3. The summed E-state index contributed by atoms with van der Waals surface area (Å²) in [6, 6.07) is 0. The second kappa shape index (κ2) is 50.4. The number of rotatable bonds is 51. The van der Waals surface area contributed by atoms with Gasteiger partial charge in [-0.05, 0) is 25.2 Å². The highest BCUT2D eigenvalue weighted by molar-refractivity contribution is 5.71. The van der Waals surface area contributed by atoms with Crippen LogP contribution in [0, 0.1) is 5.92 Å². The summed E-state index contributed by atoms with van der Waals surface area (Å²) in [5.41, 5.74) is 0. The minimum atomic E-state index is -0.761. The minimum Gasteiger partial charge on any atom is -0.462 e. The summed E-state index contributed by atoms with van der Waals surface area (Å²) in [5, 5.41) is 0. The maximum absolute atomic E-state index is 12.8. The molecule has 0 spiro atoms. The molecule has 0 fully saturated rings. The topological polar surface area (TPSA) is 78.9 Å². The standard InChI is InChI=1S/C56H108O6/c1-5-7-9-11-13-15-17-19-21-22-24-25-27-31-35-39-43-47-54(57)60-50-53(51-61-55(58)48-44-40-36-33-29-30-34-38-42-46-52(3)4)62-56(59)49-45-41-37-32-28-26-23-20-18-16-14-12-10-8-6-2/h52-53H,5-51H2,1-4H3/t53-/m1/s1. The van der Waals surface area contributed by atoms with E-state index in [-0.39, 0.29) is 31.1 Å². The van der Waals surface area contributed by atoms with Crippen LogP contribution in [0.15, 0.2) is 0 Å². The third kappa shape index (κ3) is 49.4. The van der Waals surface area contributed by atoms with E-state index >= 15 is 0 Å². The Labute approximate surface area is 387 Å². The Morgan fingerprint density at radius 2 is 0.532 bits per heavy atom. The summed E-state index contributed by atoms with van der Waals surface area (Å²) in [6.45, 7) is 9.03. The molecule has 6 heteroatoms. The number of unbranched alkanes of at least 4 members (excludes halogenated alkanes) is 38. The molecule has 1 atom stereocenters. The van der Waals surface area contributed by atoms with Gasteiger partial charge in [-0.1, -0.05) is 278 Å². The van der Waals surface area contributed by atoms with Crippen molar-refractivity contribution >= 4 is 17.9 Å². The maximum atomic E-state index is 12.8. The molecule has 0 bridgehead atoms. The fourth-order valence-electron chi connectivity index (χ4n) is 8.57. The Morgan fingerprint density at radius 1 is 0.306 bits per heavy atom. The molecule has 0 heterocycles. The van der Waals surface area contributed by atoms with Gasteiger partial charge in [-0.3, -0.25) is 14.4 Å². The van der Waals surface area contributed by atoms with Gasteiger partial charge < -0.3 is 14.2 Å². The van der Waals surface area contributed by atoms with E-state index in [4.69, 9.17) is 14.2 Å². The molecule has 0 aromatic heterocycles. The van der Waals surface area contributed by atoms with Crippen molar-refractivity contribution in [3.63, 3.8) is 0 Å². The number of carbonyl (C=O) groups excluding carboxylic acids is 3. The van der Waals surface area contributed by atoms with Crippen molar-refractivity contribution < 1.29 is 28.6 Å². The summed E-state index contributed by atoms with van der Waals surface area (Å²) in [4.78, 5) is 38.0. The van der Waals surface area contributed by atoms with Gasteiger partial charge in [-0.25, -0.2) is 0 Å². The lowest BCUT2D eigenvalue weighted by Crippen LogP contribution is -2.30. The molecular formula is C56H108O6. The molecule has 0 rings (SSSR count). The van der Waals surface area contributed by atoms with E-state index in [1.165, 1.54) is 212 Å². The first kappa shape index (κ1) is 60.4. The molecule has 0 unspecified atom stereocenters. The number of hydrogen-bond donors (Lipinski definition) is 0. The van der Waals surface area contributed by atoms with Crippen LogP contribution >= 0.6 is 0 Å². The second-order valence-electron chi connectivity index (χ2n) is 19.7. The SMILES string of the molecule is CCCCCCCCCCCCCCCCCCCC(=O)OC[C@H](COC(=O)CCCCCCCCCCCC(C)C)OC(=O)CCCCCCCCCCCCCCCCC. The van der Waals surface area contributed by atoms with Gasteiger partial charge in [0.05, 0.1) is 0 Å². The fraction of sp³-hybridized carbons (Fsp3) is 0.946. The molecule has 0 radical (unpaired) electrons. The van der Waals surface area contributed by atoms with Crippen LogP contribution < -0.4 is 0 Å². The van der Waals surface area contributed by atoms with E-state index in [9.17, 15) is 14.4 Å². The second-order valence-corrected chi connectivity index (χ2v) is 19.7. The van der Waals surface area contributed by atoms with Crippen molar-refractivity contribution in [3.05, 3.63) is 0 Å². The van der Waals surface area contributed by atoms with Crippen LogP contribution in [0.1, 0.15) is 317 Å². The van der Waals surface area contributed by atoms with Crippen LogP contribution in [0.5, 0.6) is 0 Å².